The molecule has 0 amide bonds. The van der Waals surface area contributed by atoms with Crippen molar-refractivity contribution in [2.45, 2.75) is 32.1 Å². The van der Waals surface area contributed by atoms with Crippen LogP contribution in [0.15, 0.2) is 152 Å². The van der Waals surface area contributed by atoms with E-state index in [1.807, 2.05) is 0 Å². The van der Waals surface area contributed by atoms with Crippen LogP contribution in [-0.4, -0.2) is 0 Å². The minimum absolute atomic E-state index is 0.606. The third-order valence-corrected chi connectivity index (χ3v) is 8.74. The molecule has 0 aliphatic heterocycles. The van der Waals surface area contributed by atoms with E-state index in [1.54, 1.807) is 0 Å². The van der Waals surface area contributed by atoms with Crippen molar-refractivity contribution in [3.8, 4) is 33.4 Å². The Hall–Kier alpha value is -4.88. The molecule has 0 saturated heterocycles. The standard InChI is InChI=1S/C41H35N/c1-2-30-20-21-33-14-9-10-19-39(33)41-29-35(24-27-40(30)41)32-22-25-37(26-23-32)42(36-16-7-4-8-17-36)38-18-11-15-34(28-38)31-12-5-3-6-13-31/h3-19,22-30H,2,20-21H2,1H3. The Bertz CT molecular complexity index is 1800. The average molecular weight is 542 g/mol. The molecule has 0 spiro atoms. The molecule has 1 unspecified atom stereocenters. The van der Waals surface area contributed by atoms with E-state index in [1.165, 1.54) is 57.3 Å². The number of hydrogen-bond donors (Lipinski definition) is 0. The number of benzene rings is 6. The molecule has 1 aliphatic carbocycles. The first-order chi connectivity index (χ1) is 20.8. The van der Waals surface area contributed by atoms with Gasteiger partial charge in [0.05, 0.1) is 0 Å². The van der Waals surface area contributed by atoms with Gasteiger partial charge in [0.15, 0.2) is 0 Å². The van der Waals surface area contributed by atoms with E-state index in [2.05, 4.69) is 163 Å². The Balaban J connectivity index is 1.28. The van der Waals surface area contributed by atoms with Crippen molar-refractivity contribution in [3.05, 3.63) is 163 Å². The molecular weight excluding hydrogens is 506 g/mol. The molecule has 1 nitrogen and oxygen atoms in total. The molecule has 0 aromatic heterocycles. The number of para-hydroxylation sites is 1. The fourth-order valence-electron chi connectivity index (χ4n) is 6.52. The minimum atomic E-state index is 0.606. The second kappa shape index (κ2) is 11.5. The lowest BCUT2D eigenvalue weighted by Crippen LogP contribution is -2.09. The van der Waals surface area contributed by atoms with Gasteiger partial charge in [0.2, 0.25) is 0 Å². The summed E-state index contributed by atoms with van der Waals surface area (Å²) in [7, 11) is 0. The van der Waals surface area contributed by atoms with Gasteiger partial charge in [0.1, 0.15) is 0 Å². The van der Waals surface area contributed by atoms with Crippen LogP contribution in [0.4, 0.5) is 17.1 Å². The zero-order valence-electron chi connectivity index (χ0n) is 24.1. The maximum absolute atomic E-state index is 2.43. The Kier molecular flexibility index (Phi) is 7.16. The van der Waals surface area contributed by atoms with Crippen molar-refractivity contribution >= 4 is 17.1 Å². The molecule has 0 radical (unpaired) electrons. The lowest BCUT2D eigenvalue weighted by Gasteiger charge is -2.26. The van der Waals surface area contributed by atoms with Gasteiger partial charge in [-0.3, -0.25) is 0 Å². The van der Waals surface area contributed by atoms with Gasteiger partial charge in [0, 0.05) is 17.1 Å². The van der Waals surface area contributed by atoms with Crippen LogP contribution in [0.3, 0.4) is 0 Å². The van der Waals surface area contributed by atoms with Gasteiger partial charge in [-0.25, -0.2) is 0 Å². The van der Waals surface area contributed by atoms with Crippen LogP contribution < -0.4 is 4.90 Å². The van der Waals surface area contributed by atoms with Crippen LogP contribution in [0.5, 0.6) is 0 Å². The summed E-state index contributed by atoms with van der Waals surface area (Å²) >= 11 is 0. The van der Waals surface area contributed by atoms with E-state index >= 15 is 0 Å². The molecule has 0 heterocycles. The molecule has 6 aromatic rings. The number of hydrogen-bond acceptors (Lipinski definition) is 1. The molecular formula is C41H35N. The highest BCUT2D eigenvalue weighted by Crippen LogP contribution is 2.42. The second-order valence-electron chi connectivity index (χ2n) is 11.2. The number of nitrogens with zero attached hydrogens (tertiary/aromatic N) is 1. The van der Waals surface area contributed by atoms with Crippen LogP contribution in [0.2, 0.25) is 0 Å². The lowest BCUT2D eigenvalue weighted by molar-refractivity contribution is 0.613. The topological polar surface area (TPSA) is 3.24 Å². The van der Waals surface area contributed by atoms with Gasteiger partial charge in [-0.1, -0.05) is 116 Å². The molecule has 204 valence electrons. The summed E-state index contributed by atoms with van der Waals surface area (Å²) in [5, 5.41) is 0. The van der Waals surface area contributed by atoms with Crippen molar-refractivity contribution < 1.29 is 0 Å². The monoisotopic (exact) mass is 541 g/mol. The average Bonchev–Trinajstić information content (AvgIpc) is 3.23. The number of fused-ring (bicyclic) bond motifs is 3. The first-order valence-electron chi connectivity index (χ1n) is 15.1. The van der Waals surface area contributed by atoms with E-state index in [-0.39, 0.29) is 0 Å². The molecule has 7 rings (SSSR count). The van der Waals surface area contributed by atoms with E-state index in [0.29, 0.717) is 5.92 Å². The van der Waals surface area contributed by atoms with E-state index in [4.69, 9.17) is 0 Å². The first kappa shape index (κ1) is 26.0. The van der Waals surface area contributed by atoms with Crippen molar-refractivity contribution in [1.29, 1.82) is 0 Å². The smallest absolute Gasteiger partial charge is 0.0467 e. The molecule has 0 saturated carbocycles. The summed E-state index contributed by atoms with van der Waals surface area (Å²) in [5.41, 5.74) is 14.1. The lowest BCUT2D eigenvalue weighted by atomic mass is 9.87. The van der Waals surface area contributed by atoms with Crippen LogP contribution in [0, 0.1) is 0 Å². The number of rotatable bonds is 6. The Morgan fingerprint density at radius 1 is 0.500 bits per heavy atom. The predicted molar refractivity (Wildman–Crippen MR) is 179 cm³/mol. The summed E-state index contributed by atoms with van der Waals surface area (Å²) in [6.45, 7) is 2.32. The highest BCUT2D eigenvalue weighted by molar-refractivity contribution is 5.82. The largest absolute Gasteiger partial charge is 0.310 e. The van der Waals surface area contributed by atoms with Gasteiger partial charge in [-0.15, -0.1) is 0 Å². The Labute approximate surface area is 249 Å². The molecule has 6 aromatic carbocycles. The SMILES string of the molecule is CCC1CCc2ccccc2-c2cc(-c3ccc(N(c4ccccc4)c4cccc(-c5ccccc5)c4)cc3)ccc21. The molecule has 1 aliphatic rings. The zero-order chi connectivity index (χ0) is 28.3. The normalized spacial score (nSPS) is 14.0. The molecule has 0 bridgehead atoms. The summed E-state index contributed by atoms with van der Waals surface area (Å²) in [5.74, 6) is 0.606. The highest BCUT2D eigenvalue weighted by Gasteiger charge is 2.22. The van der Waals surface area contributed by atoms with Crippen molar-refractivity contribution in [2.75, 3.05) is 4.90 Å². The second-order valence-corrected chi connectivity index (χ2v) is 11.2. The van der Waals surface area contributed by atoms with E-state index < -0.39 is 0 Å². The third kappa shape index (κ3) is 5.03. The fraction of sp³-hybridized carbons (Fsp3) is 0.122. The molecule has 42 heavy (non-hydrogen) atoms. The Morgan fingerprint density at radius 2 is 1.10 bits per heavy atom. The first-order valence-corrected chi connectivity index (χ1v) is 15.1. The summed E-state index contributed by atoms with van der Waals surface area (Å²) in [6, 6.07) is 55.2. The molecule has 0 N–H and O–H groups in total. The molecule has 1 atom stereocenters. The Morgan fingerprint density at radius 3 is 1.88 bits per heavy atom. The predicted octanol–water partition coefficient (Wildman–Crippen LogP) is 11.6. The van der Waals surface area contributed by atoms with Crippen LogP contribution in [0.1, 0.15) is 36.8 Å². The number of aryl methyl sites for hydroxylation is 1. The van der Waals surface area contributed by atoms with Crippen LogP contribution >= 0.6 is 0 Å². The summed E-state index contributed by atoms with van der Waals surface area (Å²) < 4.78 is 0. The quantitative estimate of drug-likeness (QED) is 0.203. The van der Waals surface area contributed by atoms with E-state index in [9.17, 15) is 0 Å². The van der Waals surface area contributed by atoms with Gasteiger partial charge in [0.25, 0.3) is 0 Å². The fourth-order valence-corrected chi connectivity index (χ4v) is 6.52. The summed E-state index contributed by atoms with van der Waals surface area (Å²) in [4.78, 5) is 2.34. The zero-order valence-corrected chi connectivity index (χ0v) is 24.1. The summed E-state index contributed by atoms with van der Waals surface area (Å²) in [6.07, 6.45) is 3.54. The molecule has 1 heteroatoms. The van der Waals surface area contributed by atoms with Crippen molar-refractivity contribution in [3.63, 3.8) is 0 Å². The van der Waals surface area contributed by atoms with Crippen molar-refractivity contribution in [1.82, 2.24) is 0 Å². The molecule has 0 fully saturated rings. The minimum Gasteiger partial charge on any atom is -0.310 e. The van der Waals surface area contributed by atoms with Crippen molar-refractivity contribution in [2.24, 2.45) is 0 Å². The van der Waals surface area contributed by atoms with Crippen LogP contribution in [0.25, 0.3) is 33.4 Å². The van der Waals surface area contributed by atoms with Gasteiger partial charge < -0.3 is 4.90 Å². The number of anilines is 3. The highest BCUT2D eigenvalue weighted by atomic mass is 15.1. The van der Waals surface area contributed by atoms with Gasteiger partial charge >= 0.3 is 0 Å². The third-order valence-electron chi connectivity index (χ3n) is 8.74. The van der Waals surface area contributed by atoms with E-state index in [0.717, 1.165) is 23.5 Å². The van der Waals surface area contributed by atoms with Gasteiger partial charge in [-0.05, 0) is 112 Å². The van der Waals surface area contributed by atoms with Crippen LogP contribution in [-0.2, 0) is 6.42 Å². The maximum Gasteiger partial charge on any atom is 0.0467 e. The van der Waals surface area contributed by atoms with Gasteiger partial charge in [-0.2, -0.15) is 0 Å². The maximum atomic E-state index is 2.43.